The lowest BCUT2D eigenvalue weighted by molar-refractivity contribution is -0.312. The minimum atomic E-state index is -1.46. The molecule has 9 unspecified atom stereocenters. The molecule has 3 saturated heterocycles. The number of aliphatic hydroxyl groups is 4. The number of carbonyl (C=O) groups excluding carboxylic acids is 1. The molecule has 9 heteroatoms. The van der Waals surface area contributed by atoms with Gasteiger partial charge in [-0.15, -0.1) is 0 Å². The van der Waals surface area contributed by atoms with Gasteiger partial charge in [0.1, 0.15) is 24.4 Å². The van der Waals surface area contributed by atoms with Gasteiger partial charge < -0.3 is 40.0 Å². The maximum Gasteiger partial charge on any atom is 0.186 e. The van der Waals surface area contributed by atoms with Gasteiger partial charge in [-0.2, -0.15) is 0 Å². The average Bonchev–Trinajstić information content (AvgIpc) is 3.42. The molecule has 42 heavy (non-hydrogen) atoms. The van der Waals surface area contributed by atoms with E-state index in [2.05, 4.69) is 39.1 Å². The molecule has 0 aromatic carbocycles. The third kappa shape index (κ3) is 4.14. The Morgan fingerprint density at radius 3 is 2.67 bits per heavy atom. The number of piperidine rings is 1. The van der Waals surface area contributed by atoms with Crippen LogP contribution in [-0.4, -0.2) is 93.9 Å². The van der Waals surface area contributed by atoms with Crippen LogP contribution in [0.25, 0.3) is 0 Å². The first-order valence-corrected chi connectivity index (χ1v) is 16.3. The number of Topliss-reactive ketones (excluding diaryl/α,β-unsaturated/α-hetero) is 1. The van der Waals surface area contributed by atoms with Crippen LogP contribution in [0.4, 0.5) is 0 Å². The maximum atomic E-state index is 14.5. The van der Waals surface area contributed by atoms with Crippen LogP contribution in [0.3, 0.4) is 0 Å². The van der Waals surface area contributed by atoms with Crippen LogP contribution in [0.15, 0.2) is 22.8 Å². The molecule has 3 heterocycles. The standard InChI is InChI=1S/C33H49NO8/c1-15-11-22-26(34-13-15)17(3)33(42-22)10-8-20-21-6-5-18-12-19(40-31-30(39)29(38)27(36)23(14-35)41-31)7-9-32(18,4)25(21)28(37)24(20)16(33)2/h5,15,17,19-23,25-27,29-31,34-36,38-39H,6-14H2,1-4H3/t15?,17?,19-,20?,21?,22+,23?,25?,26-,27+,29?,30?,31+,32?,33-/m0/s1. The number of fused-ring (bicyclic) bond motifs is 6. The van der Waals surface area contributed by atoms with E-state index < -0.39 is 37.3 Å². The molecular formula is C33H49NO8. The van der Waals surface area contributed by atoms with Crippen molar-refractivity contribution in [1.29, 1.82) is 0 Å². The predicted octanol–water partition coefficient (Wildman–Crippen LogP) is 2.01. The summed E-state index contributed by atoms with van der Waals surface area (Å²) in [5, 5.41) is 44.2. The summed E-state index contributed by atoms with van der Waals surface area (Å²) in [7, 11) is 0. The van der Waals surface area contributed by atoms with Crippen molar-refractivity contribution in [3.63, 3.8) is 0 Å². The van der Waals surface area contributed by atoms with E-state index in [1.54, 1.807) is 0 Å². The Morgan fingerprint density at radius 1 is 1.12 bits per heavy atom. The third-order valence-electron chi connectivity index (χ3n) is 12.8. The molecular weight excluding hydrogens is 538 g/mol. The second-order valence-corrected chi connectivity index (χ2v) is 14.9. The van der Waals surface area contributed by atoms with Gasteiger partial charge in [-0.25, -0.2) is 0 Å². The molecule has 0 aromatic heterocycles. The van der Waals surface area contributed by atoms with Crippen molar-refractivity contribution in [2.24, 2.45) is 35.0 Å². The molecule has 5 fully saturated rings. The van der Waals surface area contributed by atoms with Crippen molar-refractivity contribution in [3.05, 3.63) is 22.8 Å². The zero-order valence-electron chi connectivity index (χ0n) is 25.4. The number of aliphatic hydroxyl groups excluding tert-OH is 4. The molecule has 1 spiro atoms. The molecule has 15 atom stereocenters. The van der Waals surface area contributed by atoms with Crippen molar-refractivity contribution in [2.75, 3.05) is 13.2 Å². The highest BCUT2D eigenvalue weighted by atomic mass is 16.7. The van der Waals surface area contributed by atoms with Gasteiger partial charge in [-0.1, -0.05) is 32.4 Å². The van der Waals surface area contributed by atoms with Gasteiger partial charge in [0.2, 0.25) is 0 Å². The van der Waals surface area contributed by atoms with Crippen molar-refractivity contribution in [3.8, 4) is 0 Å². The third-order valence-corrected chi connectivity index (χ3v) is 12.8. The number of carbonyl (C=O) groups is 1. The van der Waals surface area contributed by atoms with Crippen molar-refractivity contribution in [1.82, 2.24) is 5.32 Å². The van der Waals surface area contributed by atoms with Gasteiger partial charge in [0, 0.05) is 23.5 Å². The van der Waals surface area contributed by atoms with Gasteiger partial charge in [0.25, 0.3) is 0 Å². The van der Waals surface area contributed by atoms with Crippen LogP contribution in [0.5, 0.6) is 0 Å². The summed E-state index contributed by atoms with van der Waals surface area (Å²) in [6, 6.07) is 0.344. The fourth-order valence-electron chi connectivity index (χ4n) is 10.4. The quantitative estimate of drug-likeness (QED) is 0.314. The first-order chi connectivity index (χ1) is 20.0. The Morgan fingerprint density at radius 2 is 1.90 bits per heavy atom. The monoisotopic (exact) mass is 587 g/mol. The normalized spacial score (nSPS) is 53.9. The number of hydrogen-bond donors (Lipinski definition) is 5. The molecule has 234 valence electrons. The molecule has 2 saturated carbocycles. The van der Waals surface area contributed by atoms with E-state index in [4.69, 9.17) is 14.2 Å². The molecule has 0 radical (unpaired) electrons. The maximum absolute atomic E-state index is 14.5. The molecule has 7 rings (SSSR count). The molecule has 0 amide bonds. The minimum Gasteiger partial charge on any atom is -0.394 e. The lowest BCUT2D eigenvalue weighted by Gasteiger charge is -2.49. The molecule has 0 aromatic rings. The highest BCUT2D eigenvalue weighted by Gasteiger charge is 2.63. The number of nitrogens with one attached hydrogen (secondary N) is 1. The van der Waals surface area contributed by atoms with Gasteiger partial charge in [-0.3, -0.25) is 4.79 Å². The summed E-state index contributed by atoms with van der Waals surface area (Å²) in [6.07, 6.45) is 1.93. The summed E-state index contributed by atoms with van der Waals surface area (Å²) in [4.78, 5) is 14.5. The number of ether oxygens (including phenoxy) is 3. The number of allylic oxidation sites excluding steroid dienone is 2. The van der Waals surface area contributed by atoms with Gasteiger partial charge in [-0.05, 0) is 87.2 Å². The Balaban J connectivity index is 1.11. The highest BCUT2D eigenvalue weighted by Crippen LogP contribution is 2.64. The van der Waals surface area contributed by atoms with Crippen LogP contribution in [0, 0.1) is 35.0 Å². The lowest BCUT2D eigenvalue weighted by Crippen LogP contribution is -2.60. The summed E-state index contributed by atoms with van der Waals surface area (Å²) < 4.78 is 18.8. The van der Waals surface area contributed by atoms with E-state index in [1.165, 1.54) is 11.1 Å². The summed E-state index contributed by atoms with van der Waals surface area (Å²) in [6.45, 7) is 9.60. The molecule has 7 aliphatic rings. The van der Waals surface area contributed by atoms with Crippen LogP contribution < -0.4 is 5.32 Å². The molecule has 3 aliphatic heterocycles. The summed E-state index contributed by atoms with van der Waals surface area (Å²) in [5.41, 5.74) is 2.89. The van der Waals surface area contributed by atoms with Gasteiger partial charge in [0.15, 0.2) is 12.1 Å². The van der Waals surface area contributed by atoms with Crippen LogP contribution in [-0.2, 0) is 19.0 Å². The molecule has 0 bridgehead atoms. The topological polar surface area (TPSA) is 138 Å². The van der Waals surface area contributed by atoms with E-state index in [9.17, 15) is 25.2 Å². The van der Waals surface area contributed by atoms with Crippen molar-refractivity contribution < 1.29 is 39.4 Å². The minimum absolute atomic E-state index is 0.0482. The zero-order valence-corrected chi connectivity index (χ0v) is 25.4. The van der Waals surface area contributed by atoms with Crippen LogP contribution >= 0.6 is 0 Å². The van der Waals surface area contributed by atoms with Gasteiger partial charge in [0.05, 0.1) is 24.4 Å². The number of hydrogen-bond acceptors (Lipinski definition) is 9. The second kappa shape index (κ2) is 10.4. The SMILES string of the molecule is CC1=C2C(=O)C3C(CC=C4C[C@@H](O[C@@H]5OC(CO)[C@@H](O)C(O)C5O)CCC43C)C2CC[C@]12O[C@@H]1CC(C)CN[C@H]1C2C. The summed E-state index contributed by atoms with van der Waals surface area (Å²) >= 11 is 0. The Bertz CT molecular complexity index is 1170. The number of rotatable bonds is 3. The van der Waals surface area contributed by atoms with Gasteiger partial charge >= 0.3 is 0 Å². The molecule has 9 nitrogen and oxygen atoms in total. The smallest absolute Gasteiger partial charge is 0.186 e. The Labute approximate surface area is 248 Å². The fraction of sp³-hybridized carbons (Fsp3) is 0.848. The first kappa shape index (κ1) is 29.5. The Hall–Kier alpha value is -1.17. The van der Waals surface area contributed by atoms with Crippen LogP contribution in [0.2, 0.25) is 0 Å². The first-order valence-electron chi connectivity index (χ1n) is 16.3. The number of ketones is 1. The van der Waals surface area contributed by atoms with E-state index in [-0.39, 0.29) is 35.1 Å². The largest absolute Gasteiger partial charge is 0.394 e. The second-order valence-electron chi connectivity index (χ2n) is 14.9. The van der Waals surface area contributed by atoms with E-state index in [0.29, 0.717) is 42.4 Å². The van der Waals surface area contributed by atoms with E-state index in [0.717, 1.165) is 44.2 Å². The van der Waals surface area contributed by atoms with E-state index >= 15 is 0 Å². The zero-order chi connectivity index (χ0) is 29.7. The van der Waals surface area contributed by atoms with E-state index in [1.807, 2.05) is 0 Å². The van der Waals surface area contributed by atoms with Crippen LogP contribution in [0.1, 0.15) is 72.6 Å². The fourth-order valence-corrected chi connectivity index (χ4v) is 10.4. The highest BCUT2D eigenvalue weighted by molar-refractivity contribution is 6.02. The molecule has 5 N–H and O–H groups in total. The molecule has 4 aliphatic carbocycles. The summed E-state index contributed by atoms with van der Waals surface area (Å²) in [5.74, 6) is 1.81. The predicted molar refractivity (Wildman–Crippen MR) is 153 cm³/mol. The lowest BCUT2D eigenvalue weighted by atomic mass is 9.56. The van der Waals surface area contributed by atoms with Crippen molar-refractivity contribution >= 4 is 5.78 Å². The van der Waals surface area contributed by atoms with Crippen molar-refractivity contribution in [2.45, 2.75) is 127 Å². The Kier molecular flexibility index (Phi) is 7.34. The average molecular weight is 588 g/mol.